The fourth-order valence-corrected chi connectivity index (χ4v) is 5.76. The summed E-state index contributed by atoms with van der Waals surface area (Å²) in [7, 11) is 0. The van der Waals surface area contributed by atoms with Crippen LogP contribution in [0, 0.1) is 13.8 Å². The Bertz CT molecular complexity index is 1610. The van der Waals surface area contributed by atoms with Crippen LogP contribution in [0.1, 0.15) is 11.4 Å². The van der Waals surface area contributed by atoms with Gasteiger partial charge in [-0.15, -0.1) is 0 Å². The number of nitrogens with two attached hydrogens (primary N) is 1. The van der Waals surface area contributed by atoms with Crippen molar-refractivity contribution in [1.29, 1.82) is 0 Å². The van der Waals surface area contributed by atoms with Gasteiger partial charge in [-0.2, -0.15) is 0 Å². The number of anilines is 3. The lowest BCUT2D eigenvalue weighted by molar-refractivity contribution is 0.122. The third kappa shape index (κ3) is 4.69. The topological polar surface area (TPSA) is 97.0 Å². The smallest absolute Gasteiger partial charge is 0.180 e. The third-order valence-electron chi connectivity index (χ3n) is 6.88. The van der Waals surface area contributed by atoms with E-state index >= 15 is 0 Å². The van der Waals surface area contributed by atoms with E-state index in [1.807, 2.05) is 24.3 Å². The first kappa shape index (κ1) is 25.0. The zero-order chi connectivity index (χ0) is 26.2. The maximum atomic E-state index is 5.76. The van der Waals surface area contributed by atoms with Gasteiger partial charge in [0.2, 0.25) is 0 Å². The number of nitrogens with one attached hydrogen (secondary N) is 2. The molecule has 0 spiro atoms. The zero-order valence-corrected chi connectivity index (χ0v) is 23.6. The van der Waals surface area contributed by atoms with E-state index in [0.717, 1.165) is 81.0 Å². The molecule has 0 bridgehead atoms. The number of halogens is 1. The average molecular weight is 591 g/mol. The molecular weight excluding hydrogens is 562 g/mol. The van der Waals surface area contributed by atoms with Crippen molar-refractivity contribution >= 4 is 56.1 Å². The van der Waals surface area contributed by atoms with Gasteiger partial charge in [-0.25, -0.2) is 9.97 Å². The highest BCUT2D eigenvalue weighted by atomic mass is 79.9. The fraction of sp³-hybridized carbons (Fsp3) is 0.214. The first-order valence-corrected chi connectivity index (χ1v) is 14.1. The summed E-state index contributed by atoms with van der Waals surface area (Å²) in [4.78, 5) is 16.3. The summed E-state index contributed by atoms with van der Waals surface area (Å²) in [5.74, 6) is 0.782. The number of fused-ring (bicyclic) bond motifs is 1. The first-order valence-electron chi connectivity index (χ1n) is 12.4. The molecule has 0 aliphatic carbocycles. The predicted octanol–water partition coefficient (Wildman–Crippen LogP) is 6.34. The number of hydrogen-bond donors (Lipinski definition) is 3. The normalized spacial score (nSPS) is 13.8. The molecule has 194 valence electrons. The van der Waals surface area contributed by atoms with Gasteiger partial charge in [0.25, 0.3) is 0 Å². The summed E-state index contributed by atoms with van der Waals surface area (Å²) >= 11 is 4.87. The van der Waals surface area contributed by atoms with Crippen LogP contribution in [-0.2, 0) is 4.74 Å². The van der Waals surface area contributed by atoms with E-state index in [1.54, 1.807) is 6.20 Å². The molecule has 0 amide bonds. The number of aromatic amines is 1. The monoisotopic (exact) mass is 589 g/mol. The number of aromatic nitrogens is 4. The van der Waals surface area contributed by atoms with Crippen LogP contribution in [0.15, 0.2) is 70.2 Å². The van der Waals surface area contributed by atoms with Crippen molar-refractivity contribution in [2.45, 2.75) is 18.7 Å². The minimum absolute atomic E-state index is 0.648. The van der Waals surface area contributed by atoms with E-state index in [9.17, 15) is 0 Å². The van der Waals surface area contributed by atoms with E-state index in [0.29, 0.717) is 5.65 Å². The summed E-state index contributed by atoms with van der Waals surface area (Å²) < 4.78 is 8.61. The van der Waals surface area contributed by atoms with Gasteiger partial charge in [0.1, 0.15) is 11.3 Å². The number of rotatable bonds is 6. The summed E-state index contributed by atoms with van der Waals surface area (Å²) in [6.45, 7) is 7.66. The molecule has 1 aliphatic rings. The van der Waals surface area contributed by atoms with Crippen LogP contribution in [0.2, 0.25) is 0 Å². The van der Waals surface area contributed by atoms with Crippen LogP contribution in [0.25, 0.3) is 28.2 Å². The molecule has 4 heterocycles. The zero-order valence-electron chi connectivity index (χ0n) is 21.2. The van der Waals surface area contributed by atoms with Gasteiger partial charge in [0.05, 0.1) is 23.4 Å². The molecule has 1 fully saturated rings. The quantitative estimate of drug-likeness (QED) is 0.199. The number of ether oxygens (including phenoxy) is 1. The molecule has 6 rings (SSSR count). The third-order valence-corrected chi connectivity index (χ3v) is 8.01. The minimum Gasteiger partial charge on any atom is -0.378 e. The van der Waals surface area contributed by atoms with Crippen LogP contribution < -0.4 is 15.4 Å². The second kappa shape index (κ2) is 10.5. The Morgan fingerprint density at radius 1 is 1.05 bits per heavy atom. The van der Waals surface area contributed by atoms with E-state index in [-0.39, 0.29) is 0 Å². The van der Waals surface area contributed by atoms with Crippen molar-refractivity contribution in [3.8, 4) is 17.1 Å². The van der Waals surface area contributed by atoms with Gasteiger partial charge in [-0.3, -0.25) is 5.14 Å². The predicted molar refractivity (Wildman–Crippen MR) is 159 cm³/mol. The highest BCUT2D eigenvalue weighted by molar-refractivity contribution is 9.10. The van der Waals surface area contributed by atoms with Gasteiger partial charge in [-0.1, -0.05) is 6.07 Å². The summed E-state index contributed by atoms with van der Waals surface area (Å²) in [5, 5.41) is 9.26. The number of hydrogen-bond acceptors (Lipinski definition) is 7. The molecule has 0 radical (unpaired) electrons. The van der Waals surface area contributed by atoms with Crippen molar-refractivity contribution in [1.82, 2.24) is 19.5 Å². The summed E-state index contributed by atoms with van der Waals surface area (Å²) in [6, 6.07) is 18.9. The molecule has 0 atom stereocenters. The number of nitrogens with zero attached hydrogens (tertiary/aromatic N) is 4. The van der Waals surface area contributed by atoms with Crippen LogP contribution in [0.5, 0.6) is 0 Å². The maximum absolute atomic E-state index is 5.76. The fourth-order valence-electron chi connectivity index (χ4n) is 5.01. The Kier molecular flexibility index (Phi) is 6.87. The summed E-state index contributed by atoms with van der Waals surface area (Å²) in [5.41, 5.74) is 8.94. The molecule has 38 heavy (non-hydrogen) atoms. The number of pyridine rings is 1. The molecule has 8 nitrogen and oxygen atoms in total. The molecule has 5 aromatic rings. The SMILES string of the molecule is Cc1cc(-c2nc3ncc(Br)c(Nc4cccc(SN)c4)c3[nH]2)c(C)n1-c1ccc(N2CCOCC2)cc1. The number of morpholine rings is 1. The highest BCUT2D eigenvalue weighted by Crippen LogP contribution is 2.35. The van der Waals surface area contributed by atoms with E-state index in [2.05, 4.69) is 84.9 Å². The number of H-pyrrole nitrogens is 1. The lowest BCUT2D eigenvalue weighted by Gasteiger charge is -2.29. The van der Waals surface area contributed by atoms with E-state index in [4.69, 9.17) is 14.9 Å². The van der Waals surface area contributed by atoms with E-state index in [1.165, 1.54) is 17.6 Å². The van der Waals surface area contributed by atoms with Crippen molar-refractivity contribution in [3.63, 3.8) is 0 Å². The molecule has 10 heteroatoms. The number of imidazole rings is 1. The standard InChI is InChI=1S/C28H28BrN7OS/c1-17-14-23(18(2)36(17)21-8-6-20(7-9-21)35-10-12-37-13-11-35)27-33-26-25(24(29)16-31-28(26)34-27)32-19-4-3-5-22(15-19)38-30/h3-9,14-16H,10-13,30H2,1-2H3,(H2,31,32,33,34). The largest absolute Gasteiger partial charge is 0.378 e. The van der Waals surface area contributed by atoms with Crippen molar-refractivity contribution in [2.24, 2.45) is 5.14 Å². The Hall–Kier alpha value is -3.31. The maximum Gasteiger partial charge on any atom is 0.180 e. The Balaban J connectivity index is 1.34. The molecule has 1 saturated heterocycles. The van der Waals surface area contributed by atoms with Crippen molar-refractivity contribution in [3.05, 3.63) is 76.7 Å². The molecule has 0 unspecified atom stereocenters. The van der Waals surface area contributed by atoms with Crippen LogP contribution in [0.4, 0.5) is 17.1 Å². The second-order valence-corrected chi connectivity index (χ2v) is 10.8. The molecule has 2 aromatic carbocycles. The Morgan fingerprint density at radius 3 is 2.58 bits per heavy atom. The van der Waals surface area contributed by atoms with E-state index < -0.39 is 0 Å². The molecule has 3 aromatic heterocycles. The van der Waals surface area contributed by atoms with Gasteiger partial charge < -0.3 is 24.5 Å². The van der Waals surface area contributed by atoms with Crippen molar-refractivity contribution in [2.75, 3.05) is 36.5 Å². The lowest BCUT2D eigenvalue weighted by Crippen LogP contribution is -2.36. The highest BCUT2D eigenvalue weighted by Gasteiger charge is 2.19. The van der Waals surface area contributed by atoms with Crippen LogP contribution >= 0.6 is 27.9 Å². The molecule has 1 aliphatic heterocycles. The summed E-state index contributed by atoms with van der Waals surface area (Å²) in [6.07, 6.45) is 1.77. The number of benzene rings is 2. The average Bonchev–Trinajstić information content (AvgIpc) is 3.51. The van der Waals surface area contributed by atoms with Gasteiger partial charge in [0.15, 0.2) is 5.65 Å². The molecule has 4 N–H and O–H groups in total. The lowest BCUT2D eigenvalue weighted by atomic mass is 10.2. The van der Waals surface area contributed by atoms with Gasteiger partial charge in [-0.05, 0) is 90.3 Å². The Morgan fingerprint density at radius 2 is 1.82 bits per heavy atom. The first-order chi connectivity index (χ1) is 18.5. The molecule has 0 saturated carbocycles. The van der Waals surface area contributed by atoms with Gasteiger partial charge >= 0.3 is 0 Å². The van der Waals surface area contributed by atoms with Crippen molar-refractivity contribution < 1.29 is 4.74 Å². The molecular formula is C28H28BrN7OS. The Labute approximate surface area is 233 Å². The van der Waals surface area contributed by atoms with Crippen LogP contribution in [0.3, 0.4) is 0 Å². The van der Waals surface area contributed by atoms with Crippen LogP contribution in [-0.4, -0.2) is 45.8 Å². The second-order valence-electron chi connectivity index (χ2n) is 9.27. The van der Waals surface area contributed by atoms with Gasteiger partial charge in [0, 0.05) is 58.2 Å². The minimum atomic E-state index is 0.648. The number of aryl methyl sites for hydroxylation is 1.